The zero-order chi connectivity index (χ0) is 15.4. The fourth-order valence-electron chi connectivity index (χ4n) is 2.15. The van der Waals surface area contributed by atoms with Crippen LogP contribution in [0, 0.1) is 12.7 Å². The van der Waals surface area contributed by atoms with E-state index in [1.807, 2.05) is 31.2 Å². The van der Waals surface area contributed by atoms with Gasteiger partial charge in [-0.15, -0.1) is 0 Å². The van der Waals surface area contributed by atoms with Crippen LogP contribution in [-0.4, -0.2) is 5.91 Å². The van der Waals surface area contributed by atoms with Crippen molar-refractivity contribution in [1.29, 1.82) is 0 Å². The van der Waals surface area contributed by atoms with Gasteiger partial charge in [-0.2, -0.15) is 0 Å². The fraction of sp³-hybridized carbons (Fsp3) is 0.235. The fourth-order valence-corrected chi connectivity index (χ4v) is 2.15. The molecule has 1 amide bonds. The molecule has 21 heavy (non-hydrogen) atoms. The molecule has 0 heterocycles. The quantitative estimate of drug-likeness (QED) is 0.839. The topological polar surface area (TPSA) is 55.1 Å². The Morgan fingerprint density at radius 1 is 1.24 bits per heavy atom. The second-order valence-corrected chi connectivity index (χ2v) is 5.28. The Bertz CT molecular complexity index is 638. The smallest absolute Gasteiger partial charge is 0.224 e. The van der Waals surface area contributed by atoms with Crippen LogP contribution in [0.25, 0.3) is 0 Å². The molecule has 110 valence electrons. The molecule has 0 aliphatic rings. The molecule has 2 rings (SSSR count). The lowest BCUT2D eigenvalue weighted by Crippen LogP contribution is -2.14. The number of carbonyl (C=O) groups is 1. The van der Waals surface area contributed by atoms with Gasteiger partial charge in [-0.05, 0) is 54.3 Å². The molecule has 1 atom stereocenters. The third kappa shape index (κ3) is 4.05. The van der Waals surface area contributed by atoms with Crippen LogP contribution in [0.5, 0.6) is 0 Å². The van der Waals surface area contributed by atoms with Gasteiger partial charge in [-0.25, -0.2) is 4.39 Å². The second kappa shape index (κ2) is 6.39. The van der Waals surface area contributed by atoms with Gasteiger partial charge in [0.2, 0.25) is 5.91 Å². The minimum Gasteiger partial charge on any atom is -0.399 e. The molecule has 0 saturated heterocycles. The van der Waals surface area contributed by atoms with E-state index >= 15 is 0 Å². The summed E-state index contributed by atoms with van der Waals surface area (Å²) in [5.41, 5.74) is 8.54. The van der Waals surface area contributed by atoms with Gasteiger partial charge in [0, 0.05) is 17.8 Å². The van der Waals surface area contributed by atoms with Crippen LogP contribution in [-0.2, 0) is 4.79 Å². The Labute approximate surface area is 124 Å². The van der Waals surface area contributed by atoms with Crippen LogP contribution in [0.2, 0.25) is 0 Å². The van der Waals surface area contributed by atoms with Crippen molar-refractivity contribution >= 4 is 17.3 Å². The average molecular weight is 286 g/mol. The van der Waals surface area contributed by atoms with Crippen LogP contribution in [0.1, 0.15) is 30.4 Å². The maximum Gasteiger partial charge on any atom is 0.224 e. The SMILES string of the molecule is Cc1cc(NC(=O)CC(C)c2ccc(N)cc2)ccc1F. The summed E-state index contributed by atoms with van der Waals surface area (Å²) in [6.07, 6.45) is 0.361. The second-order valence-electron chi connectivity index (χ2n) is 5.28. The van der Waals surface area contributed by atoms with Crippen molar-refractivity contribution in [3.63, 3.8) is 0 Å². The zero-order valence-electron chi connectivity index (χ0n) is 12.2. The molecule has 0 spiro atoms. The van der Waals surface area contributed by atoms with E-state index in [-0.39, 0.29) is 17.6 Å². The number of carbonyl (C=O) groups excluding carboxylic acids is 1. The van der Waals surface area contributed by atoms with E-state index < -0.39 is 0 Å². The Morgan fingerprint density at radius 3 is 2.52 bits per heavy atom. The molecular weight excluding hydrogens is 267 g/mol. The van der Waals surface area contributed by atoms with Gasteiger partial charge in [0.15, 0.2) is 0 Å². The van der Waals surface area contributed by atoms with E-state index in [2.05, 4.69) is 5.32 Å². The molecule has 4 heteroatoms. The van der Waals surface area contributed by atoms with E-state index in [9.17, 15) is 9.18 Å². The number of halogens is 1. The van der Waals surface area contributed by atoms with Gasteiger partial charge in [0.1, 0.15) is 5.82 Å². The molecule has 0 aliphatic heterocycles. The third-order valence-electron chi connectivity index (χ3n) is 3.44. The summed E-state index contributed by atoms with van der Waals surface area (Å²) in [7, 11) is 0. The van der Waals surface area contributed by atoms with E-state index in [0.717, 1.165) is 5.56 Å². The number of amides is 1. The first-order valence-electron chi connectivity index (χ1n) is 6.87. The first-order valence-corrected chi connectivity index (χ1v) is 6.87. The first kappa shape index (κ1) is 15.0. The number of aryl methyl sites for hydroxylation is 1. The van der Waals surface area contributed by atoms with Crippen molar-refractivity contribution in [3.05, 3.63) is 59.4 Å². The van der Waals surface area contributed by atoms with Crippen molar-refractivity contribution in [2.45, 2.75) is 26.2 Å². The highest BCUT2D eigenvalue weighted by molar-refractivity contribution is 5.91. The summed E-state index contributed by atoms with van der Waals surface area (Å²) in [4.78, 5) is 12.0. The summed E-state index contributed by atoms with van der Waals surface area (Å²) in [5.74, 6) is -0.277. The molecule has 0 fully saturated rings. The Morgan fingerprint density at radius 2 is 1.90 bits per heavy atom. The Balaban J connectivity index is 1.97. The minimum atomic E-state index is -0.275. The van der Waals surface area contributed by atoms with Crippen molar-refractivity contribution in [1.82, 2.24) is 0 Å². The highest BCUT2D eigenvalue weighted by atomic mass is 19.1. The van der Waals surface area contributed by atoms with Crippen LogP contribution < -0.4 is 11.1 Å². The highest BCUT2D eigenvalue weighted by Gasteiger charge is 2.12. The first-order chi connectivity index (χ1) is 9.95. The number of rotatable bonds is 4. The summed E-state index contributed by atoms with van der Waals surface area (Å²) in [6, 6.07) is 12.0. The van der Waals surface area contributed by atoms with Crippen LogP contribution in [0.4, 0.5) is 15.8 Å². The van der Waals surface area contributed by atoms with Gasteiger partial charge in [-0.3, -0.25) is 4.79 Å². The highest BCUT2D eigenvalue weighted by Crippen LogP contribution is 2.21. The zero-order valence-corrected chi connectivity index (χ0v) is 12.2. The Kier molecular flexibility index (Phi) is 4.58. The molecular formula is C17H19FN2O. The number of benzene rings is 2. The van der Waals surface area contributed by atoms with E-state index in [4.69, 9.17) is 5.73 Å². The summed E-state index contributed by atoms with van der Waals surface area (Å²) >= 11 is 0. The normalized spacial score (nSPS) is 12.0. The van der Waals surface area contributed by atoms with Gasteiger partial charge >= 0.3 is 0 Å². The summed E-state index contributed by atoms with van der Waals surface area (Å²) in [6.45, 7) is 3.66. The molecule has 0 aliphatic carbocycles. The predicted octanol–water partition coefficient (Wildman–Crippen LogP) is 3.85. The molecule has 0 saturated carbocycles. The molecule has 0 radical (unpaired) electrons. The molecule has 3 N–H and O–H groups in total. The van der Waals surface area contributed by atoms with Crippen LogP contribution in [0.3, 0.4) is 0 Å². The van der Waals surface area contributed by atoms with Crippen LogP contribution in [0.15, 0.2) is 42.5 Å². The largest absolute Gasteiger partial charge is 0.399 e. The number of nitrogens with two attached hydrogens (primary N) is 1. The molecule has 0 bridgehead atoms. The van der Waals surface area contributed by atoms with Gasteiger partial charge in [0.05, 0.1) is 0 Å². The Hall–Kier alpha value is -2.36. The maximum atomic E-state index is 13.2. The summed E-state index contributed by atoms with van der Waals surface area (Å²) in [5, 5.41) is 2.79. The standard InChI is InChI=1S/C17H19FN2O/c1-11(13-3-5-14(19)6-4-13)10-17(21)20-15-7-8-16(18)12(2)9-15/h3-9,11H,10,19H2,1-2H3,(H,20,21). The third-order valence-corrected chi connectivity index (χ3v) is 3.44. The predicted molar refractivity (Wildman–Crippen MR) is 83.7 cm³/mol. The van der Waals surface area contributed by atoms with E-state index in [1.54, 1.807) is 19.1 Å². The van der Waals surface area contributed by atoms with Crippen molar-refractivity contribution in [3.8, 4) is 0 Å². The molecule has 2 aromatic rings. The lowest BCUT2D eigenvalue weighted by Gasteiger charge is -2.12. The summed E-state index contributed by atoms with van der Waals surface area (Å²) < 4.78 is 13.2. The minimum absolute atomic E-state index is 0.0899. The van der Waals surface area contributed by atoms with Gasteiger partial charge in [-0.1, -0.05) is 19.1 Å². The van der Waals surface area contributed by atoms with E-state index in [0.29, 0.717) is 23.4 Å². The van der Waals surface area contributed by atoms with Crippen molar-refractivity contribution in [2.75, 3.05) is 11.1 Å². The monoisotopic (exact) mass is 286 g/mol. The number of anilines is 2. The van der Waals surface area contributed by atoms with Gasteiger partial charge < -0.3 is 11.1 Å². The van der Waals surface area contributed by atoms with E-state index in [1.165, 1.54) is 6.07 Å². The van der Waals surface area contributed by atoms with Crippen molar-refractivity contribution in [2.24, 2.45) is 0 Å². The molecule has 0 aromatic heterocycles. The lowest BCUT2D eigenvalue weighted by atomic mass is 9.97. The van der Waals surface area contributed by atoms with Crippen LogP contribution >= 0.6 is 0 Å². The number of nitrogens with one attached hydrogen (secondary N) is 1. The molecule has 3 nitrogen and oxygen atoms in total. The molecule has 2 aromatic carbocycles. The van der Waals surface area contributed by atoms with Crippen molar-refractivity contribution < 1.29 is 9.18 Å². The number of nitrogen functional groups attached to an aromatic ring is 1. The lowest BCUT2D eigenvalue weighted by molar-refractivity contribution is -0.116. The number of hydrogen-bond acceptors (Lipinski definition) is 2. The van der Waals surface area contributed by atoms with Gasteiger partial charge in [0.25, 0.3) is 0 Å². The number of hydrogen-bond donors (Lipinski definition) is 2. The average Bonchev–Trinajstić information content (AvgIpc) is 2.43. The molecule has 1 unspecified atom stereocenters. The maximum absolute atomic E-state index is 13.2.